The van der Waals surface area contributed by atoms with Gasteiger partial charge in [0.1, 0.15) is 5.75 Å². The molecule has 1 N–H and O–H groups in total. The number of alkyl halides is 3. The number of anilines is 1. The van der Waals surface area contributed by atoms with Gasteiger partial charge in [-0.05, 0) is 36.6 Å². The van der Waals surface area contributed by atoms with Gasteiger partial charge >= 0.3 is 11.3 Å². The van der Waals surface area contributed by atoms with Crippen LogP contribution in [0.1, 0.15) is 39.5 Å². The molecule has 1 unspecified atom stereocenters. The summed E-state index contributed by atoms with van der Waals surface area (Å²) in [7, 11) is 2.99. The first-order chi connectivity index (χ1) is 17.4. The van der Waals surface area contributed by atoms with Gasteiger partial charge in [0.25, 0.3) is 5.56 Å². The van der Waals surface area contributed by atoms with Crippen LogP contribution in [0.25, 0.3) is 11.2 Å². The fourth-order valence-electron chi connectivity index (χ4n) is 3.95. The maximum atomic E-state index is 13.0. The van der Waals surface area contributed by atoms with Crippen LogP contribution in [0, 0.1) is 5.92 Å². The van der Waals surface area contributed by atoms with Crippen molar-refractivity contribution in [3.63, 3.8) is 0 Å². The van der Waals surface area contributed by atoms with Crippen molar-refractivity contribution in [2.24, 2.45) is 20.0 Å². The Morgan fingerprint density at radius 3 is 2.46 bits per heavy atom. The lowest BCUT2D eigenvalue weighted by Gasteiger charge is -2.17. The summed E-state index contributed by atoms with van der Waals surface area (Å²) in [6.45, 7) is 4.76. The predicted molar refractivity (Wildman–Crippen MR) is 141 cm³/mol. The van der Waals surface area contributed by atoms with Gasteiger partial charge in [0, 0.05) is 37.9 Å². The molecule has 1 atom stereocenters. The molecule has 0 aliphatic carbocycles. The van der Waals surface area contributed by atoms with E-state index in [9.17, 15) is 23.2 Å². The standard InChI is InChI=1S/C24H30ClF2N5O4S/c1-5-7-8-15(6-2)13-32-19-20(30(3)23(35)31(4)21(19)34)29-22(32)37-14-18(33)28-16-9-11-17(12-10-16)36-24(25,26)27/h9-12,15H,5-8,13-14H2,1-4H3,(H,28,33). The normalized spacial score (nSPS) is 12.6. The number of amides is 1. The number of ether oxygens (including phenoxy) is 1. The van der Waals surface area contributed by atoms with Crippen LogP contribution in [0.3, 0.4) is 0 Å². The summed E-state index contributed by atoms with van der Waals surface area (Å²) in [4.78, 5) is 42.7. The second kappa shape index (κ2) is 12.1. The van der Waals surface area contributed by atoms with Crippen molar-refractivity contribution in [2.45, 2.75) is 56.8 Å². The number of carbonyl (C=O) groups is 1. The van der Waals surface area contributed by atoms with Crippen LogP contribution in [-0.4, -0.2) is 35.9 Å². The Kier molecular flexibility index (Phi) is 9.41. The van der Waals surface area contributed by atoms with Gasteiger partial charge in [0.15, 0.2) is 16.3 Å². The Hall–Kier alpha value is -2.86. The monoisotopic (exact) mass is 557 g/mol. The van der Waals surface area contributed by atoms with Crippen LogP contribution in [0.4, 0.5) is 14.5 Å². The number of aryl methyl sites for hydroxylation is 1. The average Bonchev–Trinajstić information content (AvgIpc) is 3.21. The predicted octanol–water partition coefficient (Wildman–Crippen LogP) is 4.55. The molecule has 2 aromatic heterocycles. The number of fused-ring (bicyclic) bond motifs is 1. The molecule has 0 saturated heterocycles. The summed E-state index contributed by atoms with van der Waals surface area (Å²) in [5, 5.41) is 3.15. The second-order valence-electron chi connectivity index (χ2n) is 8.71. The van der Waals surface area contributed by atoms with Crippen LogP contribution in [0.5, 0.6) is 5.75 Å². The molecule has 3 aromatic rings. The first-order valence-corrected chi connectivity index (χ1v) is 13.3. The molecule has 0 aliphatic heterocycles. The minimum absolute atomic E-state index is 0.0265. The van der Waals surface area contributed by atoms with Gasteiger partial charge in [-0.1, -0.05) is 44.9 Å². The number of nitrogens with one attached hydrogen (secondary N) is 1. The van der Waals surface area contributed by atoms with E-state index >= 15 is 0 Å². The molecule has 3 rings (SSSR count). The van der Waals surface area contributed by atoms with Crippen molar-refractivity contribution in [3.8, 4) is 5.75 Å². The van der Waals surface area contributed by atoms with Gasteiger partial charge in [-0.15, -0.1) is 8.78 Å². The first kappa shape index (κ1) is 28.7. The molecule has 1 aromatic carbocycles. The Bertz CT molecular complexity index is 1370. The van der Waals surface area contributed by atoms with Crippen LogP contribution in [0.2, 0.25) is 0 Å². The summed E-state index contributed by atoms with van der Waals surface area (Å²) < 4.78 is 34.0. The number of halogens is 3. The number of aromatic nitrogens is 4. The maximum Gasteiger partial charge on any atom is 0.487 e. The largest absolute Gasteiger partial charge is 0.487 e. The number of hydrogen-bond donors (Lipinski definition) is 1. The quantitative estimate of drug-likeness (QED) is 0.259. The summed E-state index contributed by atoms with van der Waals surface area (Å²) in [6, 6.07) is 5.34. The summed E-state index contributed by atoms with van der Waals surface area (Å²) in [6.07, 6.45) is 4.00. The Morgan fingerprint density at radius 1 is 1.19 bits per heavy atom. The number of thioether (sulfide) groups is 1. The Balaban J connectivity index is 1.84. The number of rotatable bonds is 12. The molecular weight excluding hydrogens is 528 g/mol. The SMILES string of the molecule is CCCCC(CC)Cn1c(SCC(=O)Nc2ccc(OC(F)(F)Cl)cc2)nc2c1c(=O)n(C)c(=O)n2C. The lowest BCUT2D eigenvalue weighted by molar-refractivity contribution is -0.113. The third-order valence-corrected chi connectivity index (χ3v) is 7.05. The van der Waals surface area contributed by atoms with Crippen molar-refractivity contribution < 1.29 is 18.3 Å². The van der Waals surface area contributed by atoms with E-state index in [1.54, 1.807) is 7.05 Å². The number of imidazole rings is 1. The van der Waals surface area contributed by atoms with Crippen LogP contribution in [-0.2, 0) is 25.4 Å². The van der Waals surface area contributed by atoms with Crippen LogP contribution in [0.15, 0.2) is 39.0 Å². The fraction of sp³-hybridized carbons (Fsp3) is 0.500. The molecule has 9 nitrogen and oxygen atoms in total. The third kappa shape index (κ3) is 7.13. The smallest absolute Gasteiger partial charge is 0.420 e. The molecule has 0 bridgehead atoms. The topological polar surface area (TPSA) is 100 Å². The van der Waals surface area contributed by atoms with Crippen molar-refractivity contribution in [3.05, 3.63) is 45.1 Å². The van der Waals surface area contributed by atoms with Crippen molar-refractivity contribution in [1.29, 1.82) is 0 Å². The molecule has 0 fully saturated rings. The molecule has 0 saturated carbocycles. The van der Waals surface area contributed by atoms with Gasteiger partial charge in [-0.3, -0.25) is 18.7 Å². The van der Waals surface area contributed by atoms with E-state index in [-0.39, 0.29) is 23.1 Å². The van der Waals surface area contributed by atoms with Crippen molar-refractivity contribution in [2.75, 3.05) is 11.1 Å². The molecule has 202 valence electrons. The van der Waals surface area contributed by atoms with Gasteiger partial charge in [-0.2, -0.15) is 0 Å². The summed E-state index contributed by atoms with van der Waals surface area (Å²) in [5.74, 6) is -0.239. The molecule has 37 heavy (non-hydrogen) atoms. The lowest BCUT2D eigenvalue weighted by Crippen LogP contribution is -2.37. The molecule has 13 heteroatoms. The third-order valence-electron chi connectivity index (χ3n) is 6.00. The maximum absolute atomic E-state index is 13.0. The number of hydrogen-bond acceptors (Lipinski definition) is 6. The minimum atomic E-state index is -3.83. The minimum Gasteiger partial charge on any atom is -0.420 e. The summed E-state index contributed by atoms with van der Waals surface area (Å²) in [5.41, 5.74) is -3.76. The summed E-state index contributed by atoms with van der Waals surface area (Å²) >= 11 is 5.91. The second-order valence-corrected chi connectivity index (χ2v) is 10.1. The molecule has 0 aliphatic rings. The highest BCUT2D eigenvalue weighted by Gasteiger charge is 2.27. The number of nitrogens with zero attached hydrogens (tertiary/aromatic N) is 4. The first-order valence-electron chi connectivity index (χ1n) is 11.9. The van der Waals surface area contributed by atoms with Crippen LogP contribution < -0.4 is 21.3 Å². The van der Waals surface area contributed by atoms with Crippen molar-refractivity contribution in [1.82, 2.24) is 18.7 Å². The van der Waals surface area contributed by atoms with E-state index in [2.05, 4.69) is 28.9 Å². The van der Waals surface area contributed by atoms with Gasteiger partial charge in [-0.25, -0.2) is 9.78 Å². The van der Waals surface area contributed by atoms with E-state index < -0.39 is 16.8 Å². The van der Waals surface area contributed by atoms with Gasteiger partial charge in [0.2, 0.25) is 5.91 Å². The zero-order valence-corrected chi connectivity index (χ0v) is 22.7. The average molecular weight is 558 g/mol. The highest BCUT2D eigenvalue weighted by molar-refractivity contribution is 7.99. The number of benzene rings is 1. The van der Waals surface area contributed by atoms with E-state index in [0.29, 0.717) is 28.8 Å². The van der Waals surface area contributed by atoms with E-state index in [4.69, 9.17) is 11.6 Å². The van der Waals surface area contributed by atoms with Crippen LogP contribution >= 0.6 is 23.4 Å². The highest BCUT2D eigenvalue weighted by atomic mass is 35.5. The highest BCUT2D eigenvalue weighted by Crippen LogP contribution is 2.27. The lowest BCUT2D eigenvalue weighted by atomic mass is 9.99. The fourth-order valence-corrected chi connectivity index (χ4v) is 4.84. The van der Waals surface area contributed by atoms with Gasteiger partial charge < -0.3 is 14.6 Å². The molecule has 0 spiro atoms. The number of unbranched alkanes of at least 4 members (excludes halogenated alkanes) is 1. The van der Waals surface area contributed by atoms with Gasteiger partial charge in [0.05, 0.1) is 5.75 Å². The Morgan fingerprint density at radius 2 is 1.86 bits per heavy atom. The van der Waals surface area contributed by atoms with Crippen molar-refractivity contribution >= 4 is 46.1 Å². The molecule has 0 radical (unpaired) electrons. The zero-order valence-electron chi connectivity index (χ0n) is 21.1. The number of carbonyl (C=O) groups excluding carboxylic acids is 1. The Labute approximate surface area is 221 Å². The molecular formula is C24H30ClF2N5O4S. The van der Waals surface area contributed by atoms with E-state index in [0.717, 1.165) is 42.0 Å². The van der Waals surface area contributed by atoms with E-state index in [1.807, 2.05) is 4.57 Å². The molecule has 1 amide bonds. The van der Waals surface area contributed by atoms with E-state index in [1.165, 1.54) is 35.9 Å². The zero-order chi connectivity index (χ0) is 27.3. The molecule has 2 heterocycles.